The van der Waals surface area contributed by atoms with E-state index in [4.69, 9.17) is 30.5 Å². The number of hydrogen-bond acceptors (Lipinski definition) is 8. The summed E-state index contributed by atoms with van der Waals surface area (Å²) in [6.07, 6.45) is -1.07. The van der Waals surface area contributed by atoms with Gasteiger partial charge in [-0.1, -0.05) is 39.3 Å². The second-order valence-electron chi connectivity index (χ2n) is 10.8. The third-order valence-corrected chi connectivity index (χ3v) is 4.54. The highest BCUT2D eigenvalue weighted by molar-refractivity contribution is 6.17. The third-order valence-electron chi connectivity index (χ3n) is 4.43. The molecule has 0 aromatic heterocycles. The van der Waals surface area contributed by atoms with E-state index in [1.165, 1.54) is 0 Å². The molecule has 0 spiro atoms. The summed E-state index contributed by atoms with van der Waals surface area (Å²) in [6.45, 7) is 20.8. The molecule has 0 saturated carbocycles. The summed E-state index contributed by atoms with van der Waals surface area (Å²) in [6, 6.07) is -0.186. The number of amides is 2. The van der Waals surface area contributed by atoms with Gasteiger partial charge in [-0.05, 0) is 60.3 Å². The highest BCUT2D eigenvalue weighted by Crippen LogP contribution is 2.14. The van der Waals surface area contributed by atoms with Crippen LogP contribution in [0, 0.1) is 23.7 Å². The van der Waals surface area contributed by atoms with Gasteiger partial charge in [0.25, 0.3) is 0 Å². The molecule has 0 aliphatic rings. The predicted octanol–water partition coefficient (Wildman–Crippen LogP) is 4.87. The van der Waals surface area contributed by atoms with Crippen molar-refractivity contribution in [2.45, 2.75) is 87.4 Å². The lowest BCUT2D eigenvalue weighted by atomic mass is 9.96. The number of ether oxygens (including phenoxy) is 4. The molecule has 0 saturated heterocycles. The first-order chi connectivity index (χ1) is 16.3. The fourth-order valence-electron chi connectivity index (χ4n) is 2.61. The molecule has 0 aromatic rings. The number of carbonyl (C=O) groups is 4. The Bertz CT molecular complexity index is 627. The van der Waals surface area contributed by atoms with Crippen LogP contribution in [0.4, 0.5) is 9.59 Å². The fraction of sp³-hybridized carbons (Fsp3) is 0.840. The minimum absolute atomic E-state index is 0.0376. The summed E-state index contributed by atoms with van der Waals surface area (Å²) in [5, 5.41) is 5.15. The van der Waals surface area contributed by atoms with Crippen LogP contribution in [0.25, 0.3) is 0 Å². The molecule has 2 amide bonds. The maximum absolute atomic E-state index is 11.7. The quantitative estimate of drug-likeness (QED) is 0.229. The van der Waals surface area contributed by atoms with E-state index < -0.39 is 35.3 Å². The summed E-state index contributed by atoms with van der Waals surface area (Å²) in [7, 11) is 0. The first kappa shape index (κ1) is 35.9. The van der Waals surface area contributed by atoms with Crippen LogP contribution >= 0.6 is 11.6 Å². The van der Waals surface area contributed by atoms with Crippen molar-refractivity contribution >= 4 is 35.7 Å². The Labute approximate surface area is 221 Å². The summed E-state index contributed by atoms with van der Waals surface area (Å²) in [5.41, 5.74) is -1.10. The van der Waals surface area contributed by atoms with Crippen molar-refractivity contribution in [2.75, 3.05) is 25.8 Å². The topological polar surface area (TPSA) is 129 Å². The van der Waals surface area contributed by atoms with Crippen LogP contribution in [-0.4, -0.2) is 61.1 Å². The van der Waals surface area contributed by atoms with Gasteiger partial charge in [-0.3, -0.25) is 9.59 Å². The van der Waals surface area contributed by atoms with Crippen molar-refractivity contribution in [2.24, 2.45) is 23.7 Å². The van der Waals surface area contributed by atoms with Gasteiger partial charge in [0.2, 0.25) is 0 Å². The normalized spacial score (nSPS) is 13.1. The molecule has 0 rings (SSSR count). The molecular weight excluding hydrogens is 492 g/mol. The zero-order valence-electron chi connectivity index (χ0n) is 23.8. The molecule has 2 atom stereocenters. The lowest BCUT2D eigenvalue weighted by Gasteiger charge is -2.22. The third kappa shape index (κ3) is 19.0. The van der Waals surface area contributed by atoms with Crippen LogP contribution in [0.5, 0.6) is 0 Å². The van der Waals surface area contributed by atoms with Crippen LogP contribution in [0.1, 0.15) is 76.2 Å². The Morgan fingerprint density at radius 3 is 1.28 bits per heavy atom. The van der Waals surface area contributed by atoms with Crippen molar-refractivity contribution in [3.63, 3.8) is 0 Å². The molecule has 11 heteroatoms. The second kappa shape index (κ2) is 17.3. The molecular formula is C25H47ClN2O8. The van der Waals surface area contributed by atoms with E-state index in [0.29, 0.717) is 6.61 Å². The van der Waals surface area contributed by atoms with Crippen LogP contribution in [0.2, 0.25) is 0 Å². The van der Waals surface area contributed by atoms with Gasteiger partial charge >= 0.3 is 24.1 Å². The maximum atomic E-state index is 11.7. The van der Waals surface area contributed by atoms with Gasteiger partial charge in [-0.2, -0.15) is 0 Å². The van der Waals surface area contributed by atoms with Crippen LogP contribution in [-0.2, 0) is 28.5 Å². The summed E-state index contributed by atoms with van der Waals surface area (Å²) in [5.74, 6) is -1.36. The Morgan fingerprint density at radius 1 is 0.694 bits per heavy atom. The molecule has 10 nitrogen and oxygen atoms in total. The number of carbonyl (C=O) groups excluding carboxylic acids is 4. The number of alkyl carbamates (subject to hydrolysis) is 2. The highest BCUT2D eigenvalue weighted by atomic mass is 35.5. The maximum Gasteiger partial charge on any atom is 0.407 e. The highest BCUT2D eigenvalue weighted by Gasteiger charge is 2.26. The molecule has 0 aromatic carbocycles. The van der Waals surface area contributed by atoms with E-state index in [2.05, 4.69) is 10.6 Å². The van der Waals surface area contributed by atoms with Crippen molar-refractivity contribution in [3.8, 4) is 0 Å². The number of halogens is 1. The Kier molecular flexibility index (Phi) is 17.2. The number of esters is 2. The van der Waals surface area contributed by atoms with Gasteiger partial charge in [0.15, 0.2) is 6.07 Å². The molecule has 0 aliphatic heterocycles. The molecule has 212 valence electrons. The van der Waals surface area contributed by atoms with Crippen molar-refractivity contribution < 1.29 is 38.1 Å². The van der Waals surface area contributed by atoms with E-state index in [-0.39, 0.29) is 42.9 Å². The standard InChI is InChI=1S/C13H25NO4.C12H22ClNO4/c1-7-17-11(15)10(9(2)3)8-14-12(16)18-13(4,5)6;1-8(2)9(10(15)17-7-13)6-14-11(16)18-12(3,4)5/h9-10H,7-8H2,1-6H3,(H,14,16);8-9H,6-7H2,1-5H3,(H,14,16). The second-order valence-corrected chi connectivity index (χ2v) is 11.0. The monoisotopic (exact) mass is 538 g/mol. The molecule has 36 heavy (non-hydrogen) atoms. The van der Waals surface area contributed by atoms with Gasteiger partial charge in [0.05, 0.1) is 18.4 Å². The van der Waals surface area contributed by atoms with Crippen LogP contribution < -0.4 is 10.6 Å². The molecule has 2 unspecified atom stereocenters. The van der Waals surface area contributed by atoms with Crippen LogP contribution in [0.15, 0.2) is 0 Å². The van der Waals surface area contributed by atoms with Crippen molar-refractivity contribution in [3.05, 3.63) is 0 Å². The number of hydrogen-bond donors (Lipinski definition) is 2. The lowest BCUT2D eigenvalue weighted by molar-refractivity contribution is -0.149. The van der Waals surface area contributed by atoms with E-state index in [1.54, 1.807) is 48.5 Å². The first-order valence-electron chi connectivity index (χ1n) is 12.2. The minimum Gasteiger partial charge on any atom is -0.466 e. The van der Waals surface area contributed by atoms with Gasteiger partial charge in [-0.15, -0.1) is 0 Å². The molecule has 0 radical (unpaired) electrons. The molecule has 0 aliphatic carbocycles. The van der Waals surface area contributed by atoms with E-state index >= 15 is 0 Å². The average Bonchev–Trinajstić information content (AvgIpc) is 2.65. The first-order valence-corrected chi connectivity index (χ1v) is 12.7. The summed E-state index contributed by atoms with van der Waals surface area (Å²) in [4.78, 5) is 46.2. The number of alkyl halides is 1. The smallest absolute Gasteiger partial charge is 0.407 e. The van der Waals surface area contributed by atoms with E-state index in [0.717, 1.165) is 0 Å². The summed E-state index contributed by atoms with van der Waals surface area (Å²) < 4.78 is 19.9. The van der Waals surface area contributed by atoms with Crippen molar-refractivity contribution in [1.82, 2.24) is 10.6 Å². The minimum atomic E-state index is -0.561. The molecule has 0 bridgehead atoms. The Hall–Kier alpha value is -2.23. The van der Waals surface area contributed by atoms with Gasteiger partial charge in [0, 0.05) is 13.1 Å². The predicted molar refractivity (Wildman–Crippen MR) is 139 cm³/mol. The summed E-state index contributed by atoms with van der Waals surface area (Å²) >= 11 is 5.34. The van der Waals surface area contributed by atoms with E-state index in [9.17, 15) is 19.2 Å². The SMILES string of the molecule is CC(C)C(CNC(=O)OC(C)(C)C)C(=O)OCCl.CCOC(=O)C(CNC(=O)OC(C)(C)C)C(C)C. The van der Waals surface area contributed by atoms with Gasteiger partial charge in [0.1, 0.15) is 11.2 Å². The largest absolute Gasteiger partial charge is 0.466 e. The lowest BCUT2D eigenvalue weighted by Crippen LogP contribution is -2.39. The number of nitrogens with one attached hydrogen (secondary N) is 2. The van der Waals surface area contributed by atoms with Gasteiger partial charge in [-0.25, -0.2) is 9.59 Å². The number of rotatable bonds is 10. The molecule has 0 fully saturated rings. The Balaban J connectivity index is 0. The average molecular weight is 539 g/mol. The van der Waals surface area contributed by atoms with Crippen molar-refractivity contribution in [1.29, 1.82) is 0 Å². The fourth-order valence-corrected chi connectivity index (χ4v) is 2.71. The van der Waals surface area contributed by atoms with Crippen LogP contribution in [0.3, 0.4) is 0 Å². The molecule has 2 N–H and O–H groups in total. The zero-order valence-corrected chi connectivity index (χ0v) is 24.5. The van der Waals surface area contributed by atoms with Gasteiger partial charge < -0.3 is 29.6 Å². The zero-order chi connectivity index (χ0) is 28.7. The molecule has 0 heterocycles. The Morgan fingerprint density at radius 2 is 1.03 bits per heavy atom. The van der Waals surface area contributed by atoms with E-state index in [1.807, 2.05) is 27.7 Å².